The van der Waals surface area contributed by atoms with Crippen molar-refractivity contribution in [2.45, 2.75) is 44.1 Å². The van der Waals surface area contributed by atoms with Crippen molar-refractivity contribution in [2.75, 3.05) is 18.5 Å². The highest BCUT2D eigenvalue weighted by molar-refractivity contribution is 5.88. The van der Waals surface area contributed by atoms with Crippen LogP contribution in [0.1, 0.15) is 31.1 Å². The molecule has 2 unspecified atom stereocenters. The highest BCUT2D eigenvalue weighted by Gasteiger charge is 2.40. The second kappa shape index (κ2) is 8.62. The van der Waals surface area contributed by atoms with Crippen molar-refractivity contribution < 1.29 is 40.6 Å². The van der Waals surface area contributed by atoms with Gasteiger partial charge in [0, 0.05) is 5.56 Å². The van der Waals surface area contributed by atoms with E-state index in [2.05, 4.69) is 25.0 Å². The van der Waals surface area contributed by atoms with E-state index in [9.17, 15) is 26.3 Å². The SMILES string of the molecule is CC(C)(COC1COc2ccccc2C1Nc1ncnc2[nH]c(C(F)(F)F)cc12)OC(F)(F)F. The molecule has 0 saturated heterocycles. The number of halogens is 6. The second-order valence-electron chi connectivity index (χ2n) is 8.29. The molecule has 34 heavy (non-hydrogen) atoms. The number of alkyl halides is 6. The normalized spacial score (nSPS) is 19.1. The van der Waals surface area contributed by atoms with Crippen LogP contribution < -0.4 is 10.1 Å². The monoisotopic (exact) mass is 490 g/mol. The van der Waals surface area contributed by atoms with Crippen LogP contribution in [0.4, 0.5) is 32.2 Å². The topological polar surface area (TPSA) is 81.3 Å². The number of H-pyrrole nitrogens is 1. The summed E-state index contributed by atoms with van der Waals surface area (Å²) in [5, 5.41) is 3.17. The number of aromatic nitrogens is 3. The average molecular weight is 490 g/mol. The molecule has 1 aromatic carbocycles. The van der Waals surface area contributed by atoms with Gasteiger partial charge in [0.15, 0.2) is 0 Å². The molecule has 0 radical (unpaired) electrons. The third-order valence-electron chi connectivity index (χ3n) is 5.09. The molecule has 3 heterocycles. The van der Waals surface area contributed by atoms with Crippen LogP contribution in [0.25, 0.3) is 11.0 Å². The lowest BCUT2D eigenvalue weighted by molar-refractivity contribution is -0.367. The number of ether oxygens (including phenoxy) is 3. The molecule has 0 aliphatic carbocycles. The highest BCUT2D eigenvalue weighted by Crippen LogP contribution is 2.38. The summed E-state index contributed by atoms with van der Waals surface area (Å²) in [7, 11) is 0. The van der Waals surface area contributed by atoms with Gasteiger partial charge in [-0.25, -0.2) is 9.97 Å². The Bertz CT molecular complexity index is 1160. The molecule has 0 spiro atoms. The van der Waals surface area contributed by atoms with Gasteiger partial charge in [-0.3, -0.25) is 4.74 Å². The van der Waals surface area contributed by atoms with Crippen molar-refractivity contribution >= 4 is 16.9 Å². The Morgan fingerprint density at radius 3 is 2.56 bits per heavy atom. The van der Waals surface area contributed by atoms with Crippen LogP contribution >= 0.6 is 0 Å². The predicted molar refractivity (Wildman–Crippen MR) is 108 cm³/mol. The molecule has 1 aliphatic rings. The van der Waals surface area contributed by atoms with Crippen molar-refractivity contribution in [3.8, 4) is 5.75 Å². The molecular weight excluding hydrogens is 470 g/mol. The van der Waals surface area contributed by atoms with Crippen LogP contribution in [0.15, 0.2) is 36.7 Å². The number of anilines is 1. The van der Waals surface area contributed by atoms with Crippen LogP contribution in [-0.2, 0) is 15.7 Å². The lowest BCUT2D eigenvalue weighted by Gasteiger charge is -2.36. The fourth-order valence-electron chi connectivity index (χ4n) is 3.66. The van der Waals surface area contributed by atoms with E-state index in [0.29, 0.717) is 11.3 Å². The Labute approximate surface area is 189 Å². The molecule has 0 fully saturated rings. The van der Waals surface area contributed by atoms with E-state index in [-0.39, 0.29) is 23.5 Å². The molecule has 184 valence electrons. The first kappa shape index (κ1) is 24.1. The van der Waals surface area contributed by atoms with Gasteiger partial charge in [-0.15, -0.1) is 13.2 Å². The molecule has 2 aromatic heterocycles. The molecule has 4 rings (SSSR count). The minimum atomic E-state index is -4.85. The van der Waals surface area contributed by atoms with E-state index < -0.39 is 42.6 Å². The zero-order chi connectivity index (χ0) is 24.7. The maximum absolute atomic E-state index is 13.2. The maximum atomic E-state index is 13.2. The summed E-state index contributed by atoms with van der Waals surface area (Å²) in [6.45, 7) is 2.01. The highest BCUT2D eigenvalue weighted by atomic mass is 19.4. The fourth-order valence-corrected chi connectivity index (χ4v) is 3.66. The number of aromatic amines is 1. The van der Waals surface area contributed by atoms with Gasteiger partial charge >= 0.3 is 12.5 Å². The lowest BCUT2D eigenvalue weighted by Crippen LogP contribution is -2.43. The van der Waals surface area contributed by atoms with Gasteiger partial charge in [0.25, 0.3) is 0 Å². The zero-order valence-corrected chi connectivity index (χ0v) is 17.9. The van der Waals surface area contributed by atoms with E-state index in [1.807, 2.05) is 0 Å². The van der Waals surface area contributed by atoms with Crippen molar-refractivity contribution in [2.24, 2.45) is 0 Å². The number of benzene rings is 1. The first-order valence-corrected chi connectivity index (χ1v) is 10.1. The molecule has 0 saturated carbocycles. The molecule has 2 atom stereocenters. The van der Waals surface area contributed by atoms with Crippen LogP contribution in [0.3, 0.4) is 0 Å². The van der Waals surface area contributed by atoms with Gasteiger partial charge in [-0.2, -0.15) is 13.2 Å². The predicted octanol–water partition coefficient (Wildman–Crippen LogP) is 5.22. The summed E-state index contributed by atoms with van der Waals surface area (Å²) in [4.78, 5) is 10.1. The zero-order valence-electron chi connectivity index (χ0n) is 17.9. The molecule has 0 bridgehead atoms. The first-order chi connectivity index (χ1) is 15.8. The standard InChI is InChI=1S/C21H20F6N4O3/c1-19(2,34-21(25,26)27)9-33-14-8-32-13-6-4-3-5-11(13)16(14)31-18-12-7-15(20(22,23)24)30-17(12)28-10-29-18/h3-7,10,14,16H,8-9H2,1-2H3,(H2,28,29,30,31). The Kier molecular flexibility index (Phi) is 6.10. The minimum Gasteiger partial charge on any atom is -0.490 e. The van der Waals surface area contributed by atoms with Crippen LogP contribution in [0.2, 0.25) is 0 Å². The van der Waals surface area contributed by atoms with Crippen molar-refractivity contribution in [3.63, 3.8) is 0 Å². The van der Waals surface area contributed by atoms with Gasteiger partial charge in [0.05, 0.1) is 23.6 Å². The molecule has 0 amide bonds. The Morgan fingerprint density at radius 1 is 1.12 bits per heavy atom. The molecule has 1 aliphatic heterocycles. The van der Waals surface area contributed by atoms with Crippen LogP contribution in [0.5, 0.6) is 5.75 Å². The van der Waals surface area contributed by atoms with Crippen LogP contribution in [0, 0.1) is 0 Å². The van der Waals surface area contributed by atoms with E-state index in [1.165, 1.54) is 13.8 Å². The van der Waals surface area contributed by atoms with E-state index >= 15 is 0 Å². The Balaban J connectivity index is 1.64. The number of hydrogen-bond donors (Lipinski definition) is 2. The fraction of sp³-hybridized carbons (Fsp3) is 0.429. The molecule has 2 N–H and O–H groups in total. The third kappa shape index (κ3) is 5.36. The van der Waals surface area contributed by atoms with Gasteiger partial charge in [-0.1, -0.05) is 18.2 Å². The summed E-state index contributed by atoms with van der Waals surface area (Å²) < 4.78 is 93.2. The Morgan fingerprint density at radius 2 is 1.85 bits per heavy atom. The molecule has 13 heteroatoms. The lowest BCUT2D eigenvalue weighted by atomic mass is 9.97. The summed E-state index contributed by atoms with van der Waals surface area (Å²) >= 11 is 0. The number of nitrogens with one attached hydrogen (secondary N) is 2. The smallest absolute Gasteiger partial charge is 0.490 e. The van der Waals surface area contributed by atoms with E-state index in [4.69, 9.17) is 9.47 Å². The number of fused-ring (bicyclic) bond motifs is 2. The average Bonchev–Trinajstić information content (AvgIpc) is 3.17. The third-order valence-corrected chi connectivity index (χ3v) is 5.09. The van der Waals surface area contributed by atoms with E-state index in [0.717, 1.165) is 12.4 Å². The quantitative estimate of drug-likeness (QED) is 0.461. The van der Waals surface area contributed by atoms with Gasteiger partial charge in [0.1, 0.15) is 41.9 Å². The number of rotatable bonds is 6. The maximum Gasteiger partial charge on any atom is 0.523 e. The second-order valence-corrected chi connectivity index (χ2v) is 8.29. The van der Waals surface area contributed by atoms with Gasteiger partial charge in [0.2, 0.25) is 0 Å². The number of hydrogen-bond acceptors (Lipinski definition) is 6. The summed E-state index contributed by atoms with van der Waals surface area (Å²) in [5.41, 5.74) is -2.10. The molecule has 3 aromatic rings. The molecule has 7 nitrogen and oxygen atoms in total. The van der Waals surface area contributed by atoms with Crippen LogP contribution in [-0.4, -0.2) is 46.2 Å². The van der Waals surface area contributed by atoms with E-state index in [1.54, 1.807) is 24.3 Å². The first-order valence-electron chi connectivity index (χ1n) is 10.1. The van der Waals surface area contributed by atoms with Crippen molar-refractivity contribution in [1.29, 1.82) is 0 Å². The summed E-state index contributed by atoms with van der Waals surface area (Å²) in [6, 6.07) is 7.07. The number of para-hydroxylation sites is 1. The number of nitrogens with zero attached hydrogens (tertiary/aromatic N) is 2. The summed E-state index contributed by atoms with van der Waals surface area (Å²) in [6.07, 6.45) is -9.17. The largest absolute Gasteiger partial charge is 0.523 e. The molecular formula is C21H20F6N4O3. The van der Waals surface area contributed by atoms with Gasteiger partial charge in [-0.05, 0) is 26.0 Å². The van der Waals surface area contributed by atoms with Crippen molar-refractivity contribution in [3.05, 3.63) is 47.9 Å². The minimum absolute atomic E-state index is 0.0219. The van der Waals surface area contributed by atoms with Crippen molar-refractivity contribution in [1.82, 2.24) is 15.0 Å². The Hall–Kier alpha value is -3.06. The summed E-state index contributed by atoms with van der Waals surface area (Å²) in [5.74, 6) is 0.596. The van der Waals surface area contributed by atoms with Gasteiger partial charge < -0.3 is 19.8 Å².